The van der Waals surface area contributed by atoms with Crippen LogP contribution in [0.25, 0.3) is 0 Å². The van der Waals surface area contributed by atoms with Crippen molar-refractivity contribution in [1.82, 2.24) is 0 Å². The zero-order valence-corrected chi connectivity index (χ0v) is 12.1. The molecule has 0 bridgehead atoms. The zero-order valence-electron chi connectivity index (χ0n) is 9.67. The molecule has 0 spiro atoms. The number of anilines is 1. The standard InChI is InChI=1S/C13H11BrFNOS/c1-2-8-5-6-18-12(8)13(17)16-11-4-3-9(14)7-10(11)15/h3-7H,2H2,1H3,(H,16,17). The Morgan fingerprint density at radius 3 is 2.89 bits per heavy atom. The van der Waals surface area contributed by atoms with Gasteiger partial charge in [0, 0.05) is 4.47 Å². The molecular formula is C13H11BrFNOS. The minimum absolute atomic E-state index is 0.193. The van der Waals surface area contributed by atoms with Crippen LogP contribution in [0.2, 0.25) is 0 Å². The summed E-state index contributed by atoms with van der Waals surface area (Å²) in [5.74, 6) is -0.713. The number of carbonyl (C=O) groups excluding carboxylic acids is 1. The van der Waals surface area contributed by atoms with Crippen molar-refractivity contribution >= 4 is 38.9 Å². The Kier molecular flexibility index (Phi) is 4.14. The number of nitrogens with one attached hydrogen (secondary N) is 1. The van der Waals surface area contributed by atoms with E-state index in [0.717, 1.165) is 12.0 Å². The molecule has 1 aromatic carbocycles. The highest BCUT2D eigenvalue weighted by molar-refractivity contribution is 9.10. The number of amides is 1. The van der Waals surface area contributed by atoms with Crippen molar-refractivity contribution in [3.05, 3.63) is 50.4 Å². The van der Waals surface area contributed by atoms with Crippen LogP contribution in [-0.4, -0.2) is 5.91 Å². The maximum Gasteiger partial charge on any atom is 0.266 e. The van der Waals surface area contributed by atoms with E-state index in [0.29, 0.717) is 9.35 Å². The average Bonchev–Trinajstić information content (AvgIpc) is 2.81. The second-order valence-electron chi connectivity index (χ2n) is 3.71. The third-order valence-electron chi connectivity index (χ3n) is 2.51. The van der Waals surface area contributed by atoms with Gasteiger partial charge < -0.3 is 5.32 Å². The summed E-state index contributed by atoms with van der Waals surface area (Å²) in [5.41, 5.74) is 1.17. The highest BCUT2D eigenvalue weighted by Crippen LogP contribution is 2.22. The highest BCUT2D eigenvalue weighted by atomic mass is 79.9. The van der Waals surface area contributed by atoms with Gasteiger partial charge in [-0.25, -0.2) is 4.39 Å². The van der Waals surface area contributed by atoms with Crippen LogP contribution in [0.3, 0.4) is 0 Å². The summed E-state index contributed by atoms with van der Waals surface area (Å²) in [5, 5.41) is 4.46. The Labute approximate surface area is 117 Å². The quantitative estimate of drug-likeness (QED) is 0.885. The Morgan fingerprint density at radius 1 is 1.44 bits per heavy atom. The fourth-order valence-corrected chi connectivity index (χ4v) is 2.81. The molecule has 0 saturated heterocycles. The normalized spacial score (nSPS) is 10.4. The zero-order chi connectivity index (χ0) is 13.1. The van der Waals surface area contributed by atoms with Crippen molar-refractivity contribution < 1.29 is 9.18 Å². The molecule has 0 saturated carbocycles. The smallest absolute Gasteiger partial charge is 0.266 e. The fraction of sp³-hybridized carbons (Fsp3) is 0.154. The predicted molar refractivity (Wildman–Crippen MR) is 75.8 cm³/mol. The molecule has 2 aromatic rings. The van der Waals surface area contributed by atoms with Gasteiger partial charge in [0.2, 0.25) is 0 Å². The topological polar surface area (TPSA) is 29.1 Å². The minimum atomic E-state index is -0.452. The van der Waals surface area contributed by atoms with Crippen molar-refractivity contribution in [3.8, 4) is 0 Å². The first kappa shape index (κ1) is 13.2. The number of benzene rings is 1. The molecule has 0 unspecified atom stereocenters. The Bertz CT molecular complexity index is 582. The lowest BCUT2D eigenvalue weighted by Gasteiger charge is -2.06. The van der Waals surface area contributed by atoms with Gasteiger partial charge in [0.05, 0.1) is 10.6 Å². The van der Waals surface area contributed by atoms with E-state index < -0.39 is 5.82 Å². The molecule has 5 heteroatoms. The monoisotopic (exact) mass is 327 g/mol. The van der Waals surface area contributed by atoms with Crippen LogP contribution < -0.4 is 5.32 Å². The third kappa shape index (κ3) is 2.79. The van der Waals surface area contributed by atoms with E-state index in [4.69, 9.17) is 0 Å². The van der Waals surface area contributed by atoms with Crippen molar-refractivity contribution in [3.63, 3.8) is 0 Å². The maximum absolute atomic E-state index is 13.6. The molecule has 2 nitrogen and oxygen atoms in total. The molecule has 94 valence electrons. The Balaban J connectivity index is 2.21. The molecule has 1 heterocycles. The summed E-state index contributed by atoms with van der Waals surface area (Å²) in [6.07, 6.45) is 0.787. The van der Waals surface area contributed by atoms with E-state index in [1.165, 1.54) is 23.5 Å². The number of aryl methyl sites for hydroxylation is 1. The number of halogens is 2. The number of rotatable bonds is 3. The number of thiophene rings is 1. The van der Waals surface area contributed by atoms with Crippen LogP contribution in [0.1, 0.15) is 22.2 Å². The number of hydrogen-bond donors (Lipinski definition) is 1. The van der Waals surface area contributed by atoms with E-state index in [1.807, 2.05) is 18.4 Å². The average molecular weight is 328 g/mol. The Hall–Kier alpha value is -1.20. The van der Waals surface area contributed by atoms with E-state index in [1.54, 1.807) is 6.07 Å². The molecule has 2 rings (SSSR count). The van der Waals surface area contributed by atoms with Crippen LogP contribution in [-0.2, 0) is 6.42 Å². The van der Waals surface area contributed by atoms with Crippen LogP contribution >= 0.6 is 27.3 Å². The van der Waals surface area contributed by atoms with Gasteiger partial charge in [0.15, 0.2) is 0 Å². The SMILES string of the molecule is CCc1ccsc1C(=O)Nc1ccc(Br)cc1F. The second kappa shape index (κ2) is 5.63. The molecular weight excluding hydrogens is 317 g/mol. The summed E-state index contributed by atoms with van der Waals surface area (Å²) in [6, 6.07) is 6.46. The maximum atomic E-state index is 13.6. The molecule has 0 atom stereocenters. The number of carbonyl (C=O) groups is 1. The summed E-state index contributed by atoms with van der Waals surface area (Å²) in [4.78, 5) is 12.7. The van der Waals surface area contributed by atoms with E-state index in [9.17, 15) is 9.18 Å². The summed E-state index contributed by atoms with van der Waals surface area (Å²) < 4.78 is 14.2. The first-order chi connectivity index (χ1) is 8.61. The van der Waals surface area contributed by atoms with E-state index >= 15 is 0 Å². The molecule has 1 amide bonds. The lowest BCUT2D eigenvalue weighted by Crippen LogP contribution is -2.13. The van der Waals surface area contributed by atoms with Crippen LogP contribution in [0.4, 0.5) is 10.1 Å². The van der Waals surface area contributed by atoms with Gasteiger partial charge in [-0.3, -0.25) is 4.79 Å². The molecule has 0 aliphatic rings. The second-order valence-corrected chi connectivity index (χ2v) is 5.54. The summed E-state index contributed by atoms with van der Waals surface area (Å²) >= 11 is 4.54. The Morgan fingerprint density at radius 2 is 2.22 bits per heavy atom. The van der Waals surface area contributed by atoms with Gasteiger partial charge in [-0.1, -0.05) is 22.9 Å². The minimum Gasteiger partial charge on any atom is -0.319 e. The van der Waals surface area contributed by atoms with Gasteiger partial charge in [-0.2, -0.15) is 0 Å². The van der Waals surface area contributed by atoms with Crippen molar-refractivity contribution in [2.75, 3.05) is 5.32 Å². The van der Waals surface area contributed by atoms with Crippen LogP contribution in [0.15, 0.2) is 34.1 Å². The van der Waals surface area contributed by atoms with Gasteiger partial charge in [0.1, 0.15) is 5.82 Å². The molecule has 0 aliphatic carbocycles. The lowest BCUT2D eigenvalue weighted by atomic mass is 10.2. The number of hydrogen-bond acceptors (Lipinski definition) is 2. The van der Waals surface area contributed by atoms with Gasteiger partial charge >= 0.3 is 0 Å². The summed E-state index contributed by atoms with van der Waals surface area (Å²) in [6.45, 7) is 1.99. The highest BCUT2D eigenvalue weighted by Gasteiger charge is 2.14. The predicted octanol–water partition coefficient (Wildman–Crippen LogP) is 4.46. The van der Waals surface area contributed by atoms with Crippen molar-refractivity contribution in [2.45, 2.75) is 13.3 Å². The molecule has 0 fully saturated rings. The molecule has 18 heavy (non-hydrogen) atoms. The molecule has 1 aromatic heterocycles. The largest absolute Gasteiger partial charge is 0.319 e. The molecule has 1 N–H and O–H groups in total. The van der Waals surface area contributed by atoms with Crippen molar-refractivity contribution in [2.24, 2.45) is 0 Å². The molecule has 0 aliphatic heterocycles. The first-order valence-electron chi connectivity index (χ1n) is 5.44. The van der Waals surface area contributed by atoms with Gasteiger partial charge in [0.25, 0.3) is 5.91 Å². The van der Waals surface area contributed by atoms with Crippen LogP contribution in [0.5, 0.6) is 0 Å². The fourth-order valence-electron chi connectivity index (χ4n) is 1.58. The summed E-state index contributed by atoms with van der Waals surface area (Å²) in [7, 11) is 0. The molecule has 0 radical (unpaired) electrons. The van der Waals surface area contributed by atoms with E-state index in [2.05, 4.69) is 21.2 Å². The van der Waals surface area contributed by atoms with Gasteiger partial charge in [-0.05, 0) is 41.6 Å². The van der Waals surface area contributed by atoms with Crippen molar-refractivity contribution in [1.29, 1.82) is 0 Å². The first-order valence-corrected chi connectivity index (χ1v) is 7.12. The van der Waals surface area contributed by atoms with Gasteiger partial charge in [-0.15, -0.1) is 11.3 Å². The third-order valence-corrected chi connectivity index (χ3v) is 3.96. The van der Waals surface area contributed by atoms with E-state index in [-0.39, 0.29) is 11.6 Å². The van der Waals surface area contributed by atoms with Crippen LogP contribution in [0, 0.1) is 5.82 Å². The lowest BCUT2D eigenvalue weighted by molar-refractivity contribution is 0.102.